The van der Waals surface area contributed by atoms with Crippen LogP contribution in [0.1, 0.15) is 23.2 Å². The maximum absolute atomic E-state index is 9.64. The first kappa shape index (κ1) is 17.9. The first-order valence-corrected chi connectivity index (χ1v) is 8.72. The van der Waals surface area contributed by atoms with Gasteiger partial charge in [-0.25, -0.2) is 0 Å². The number of benzene rings is 2. The lowest BCUT2D eigenvalue weighted by molar-refractivity contribution is 0.333. The molecule has 4 nitrogen and oxygen atoms in total. The van der Waals surface area contributed by atoms with Gasteiger partial charge in [-0.15, -0.1) is 0 Å². The van der Waals surface area contributed by atoms with Crippen LogP contribution in [0.3, 0.4) is 0 Å². The summed E-state index contributed by atoms with van der Waals surface area (Å²) in [6.07, 6.45) is 0. The fraction of sp³-hybridized carbons (Fsp3) is 0.250. The topological polar surface area (TPSA) is 64.5 Å². The van der Waals surface area contributed by atoms with Crippen LogP contribution in [0.15, 0.2) is 24.3 Å². The Hall–Kier alpha value is -0.880. The van der Waals surface area contributed by atoms with E-state index in [4.69, 9.17) is 46.4 Å². The van der Waals surface area contributed by atoms with E-state index in [0.29, 0.717) is 44.3 Å². The average molecular weight is 408 g/mol. The summed E-state index contributed by atoms with van der Waals surface area (Å²) in [4.78, 5) is 0. The maximum Gasteiger partial charge on any atom is 0.118 e. The quantitative estimate of drug-likeness (QED) is 0.583. The third-order valence-corrected chi connectivity index (χ3v) is 5.19. The fourth-order valence-corrected chi connectivity index (χ4v) is 4.39. The molecule has 8 heteroatoms. The van der Waals surface area contributed by atoms with E-state index < -0.39 is 0 Å². The largest absolute Gasteiger partial charge is 0.508 e. The van der Waals surface area contributed by atoms with Gasteiger partial charge in [0.1, 0.15) is 11.5 Å². The first-order valence-electron chi connectivity index (χ1n) is 7.21. The second-order valence-corrected chi connectivity index (χ2v) is 7.14. The molecule has 0 aliphatic carbocycles. The predicted octanol–water partition coefficient (Wildman–Crippen LogP) is 4.69. The zero-order chi connectivity index (χ0) is 17.4. The summed E-state index contributed by atoms with van der Waals surface area (Å²) in [5.74, 6) is -0.00969. The number of piperazine rings is 1. The van der Waals surface area contributed by atoms with Gasteiger partial charge < -0.3 is 20.8 Å². The minimum Gasteiger partial charge on any atom is -0.508 e. The van der Waals surface area contributed by atoms with Crippen molar-refractivity contribution >= 4 is 46.4 Å². The second kappa shape index (κ2) is 7.16. The number of halogens is 4. The average Bonchev–Trinajstić information content (AvgIpc) is 2.46. The van der Waals surface area contributed by atoms with Crippen molar-refractivity contribution in [2.24, 2.45) is 0 Å². The normalized spacial score (nSPS) is 21.0. The van der Waals surface area contributed by atoms with Gasteiger partial charge in [-0.2, -0.15) is 0 Å². The van der Waals surface area contributed by atoms with Gasteiger partial charge in [-0.05, 0) is 24.3 Å². The van der Waals surface area contributed by atoms with Crippen molar-refractivity contribution < 1.29 is 10.2 Å². The Morgan fingerprint density at radius 3 is 1.25 bits per heavy atom. The lowest BCUT2D eigenvalue weighted by atomic mass is 9.91. The monoisotopic (exact) mass is 406 g/mol. The van der Waals surface area contributed by atoms with E-state index >= 15 is 0 Å². The van der Waals surface area contributed by atoms with Gasteiger partial charge in [-0.1, -0.05) is 46.4 Å². The van der Waals surface area contributed by atoms with Crippen molar-refractivity contribution in [1.29, 1.82) is 0 Å². The van der Waals surface area contributed by atoms with E-state index in [-0.39, 0.29) is 23.6 Å². The number of phenols is 2. The Morgan fingerprint density at radius 2 is 0.958 bits per heavy atom. The van der Waals surface area contributed by atoms with Crippen molar-refractivity contribution in [3.8, 4) is 11.5 Å². The molecule has 2 atom stereocenters. The van der Waals surface area contributed by atoms with Crippen LogP contribution in [-0.2, 0) is 0 Å². The van der Waals surface area contributed by atoms with Crippen LogP contribution >= 0.6 is 46.4 Å². The second-order valence-electron chi connectivity index (χ2n) is 5.51. The molecule has 0 saturated carbocycles. The van der Waals surface area contributed by atoms with Gasteiger partial charge in [0.25, 0.3) is 0 Å². The van der Waals surface area contributed by atoms with Crippen molar-refractivity contribution in [3.05, 3.63) is 55.5 Å². The van der Waals surface area contributed by atoms with Crippen molar-refractivity contribution in [2.45, 2.75) is 12.1 Å². The van der Waals surface area contributed by atoms with Crippen molar-refractivity contribution in [2.75, 3.05) is 13.1 Å². The highest BCUT2D eigenvalue weighted by atomic mass is 35.5. The summed E-state index contributed by atoms with van der Waals surface area (Å²) >= 11 is 25.2. The summed E-state index contributed by atoms with van der Waals surface area (Å²) < 4.78 is 0. The Bertz CT molecular complexity index is 673. The van der Waals surface area contributed by atoms with Crippen LogP contribution in [0, 0.1) is 0 Å². The SMILES string of the molecule is Oc1cc(Cl)c([C@H]2NCCN[C@H]2c2c(Cl)cc(O)cc2Cl)c(Cl)c1. The molecule has 0 radical (unpaired) electrons. The number of rotatable bonds is 2. The Morgan fingerprint density at radius 1 is 0.667 bits per heavy atom. The molecule has 4 N–H and O–H groups in total. The summed E-state index contributed by atoms with van der Waals surface area (Å²) in [5.41, 5.74) is 1.29. The summed E-state index contributed by atoms with van der Waals surface area (Å²) in [7, 11) is 0. The molecular weight excluding hydrogens is 394 g/mol. The molecule has 0 spiro atoms. The van der Waals surface area contributed by atoms with Gasteiger partial charge in [0.05, 0.1) is 32.2 Å². The third-order valence-electron chi connectivity index (χ3n) is 3.94. The molecular formula is C16H14Cl4N2O2. The van der Waals surface area contributed by atoms with E-state index in [9.17, 15) is 10.2 Å². The summed E-state index contributed by atoms with van der Waals surface area (Å²) in [6, 6.07) is 5.15. The van der Waals surface area contributed by atoms with Crippen LogP contribution < -0.4 is 10.6 Å². The highest BCUT2D eigenvalue weighted by Gasteiger charge is 2.33. The number of phenolic OH excluding ortho intramolecular Hbond substituents is 2. The number of hydrogen-bond donors (Lipinski definition) is 4. The number of hydrogen-bond acceptors (Lipinski definition) is 4. The Labute approximate surface area is 159 Å². The molecule has 2 aromatic rings. The molecule has 1 aliphatic heterocycles. The molecule has 1 saturated heterocycles. The van der Waals surface area contributed by atoms with E-state index in [1.54, 1.807) is 0 Å². The molecule has 1 heterocycles. The van der Waals surface area contributed by atoms with Crippen LogP contribution in [0.5, 0.6) is 11.5 Å². The van der Waals surface area contributed by atoms with Crippen LogP contribution in [0.4, 0.5) is 0 Å². The van der Waals surface area contributed by atoms with E-state index in [0.717, 1.165) is 0 Å². The van der Waals surface area contributed by atoms with E-state index in [2.05, 4.69) is 10.6 Å². The molecule has 2 aromatic carbocycles. The minimum absolute atomic E-state index is 0.00485. The smallest absolute Gasteiger partial charge is 0.118 e. The highest BCUT2D eigenvalue weighted by molar-refractivity contribution is 6.37. The number of aromatic hydroxyl groups is 2. The van der Waals surface area contributed by atoms with Crippen LogP contribution in [0.2, 0.25) is 20.1 Å². The van der Waals surface area contributed by atoms with Gasteiger partial charge in [0.2, 0.25) is 0 Å². The van der Waals surface area contributed by atoms with Gasteiger partial charge in [-0.3, -0.25) is 0 Å². The van der Waals surface area contributed by atoms with E-state index in [1.165, 1.54) is 24.3 Å². The molecule has 3 rings (SSSR count). The highest BCUT2D eigenvalue weighted by Crippen LogP contribution is 2.44. The molecule has 128 valence electrons. The van der Waals surface area contributed by atoms with E-state index in [1.807, 2.05) is 0 Å². The standard InChI is InChI=1S/C16H14Cl4N2O2/c17-9-3-7(23)4-10(18)13(9)15-16(22-2-1-21-15)14-11(19)5-8(24)6-12(14)20/h3-6,15-16,21-24H,1-2H2/t15-,16+. The molecule has 0 aromatic heterocycles. The minimum atomic E-state index is -0.307. The molecule has 0 amide bonds. The fourth-order valence-electron chi connectivity index (χ4n) is 2.96. The first-order chi connectivity index (χ1) is 11.4. The lowest BCUT2D eigenvalue weighted by Crippen LogP contribution is -2.45. The zero-order valence-corrected chi connectivity index (χ0v) is 15.3. The predicted molar refractivity (Wildman–Crippen MR) is 97.7 cm³/mol. The molecule has 0 bridgehead atoms. The summed E-state index contributed by atoms with van der Waals surface area (Å²) in [5, 5.41) is 27.4. The zero-order valence-electron chi connectivity index (χ0n) is 12.3. The van der Waals surface area contributed by atoms with Crippen molar-refractivity contribution in [3.63, 3.8) is 0 Å². The molecule has 24 heavy (non-hydrogen) atoms. The number of nitrogens with one attached hydrogen (secondary N) is 2. The van der Waals surface area contributed by atoms with Gasteiger partial charge in [0, 0.05) is 24.2 Å². The van der Waals surface area contributed by atoms with Gasteiger partial charge in [0.15, 0.2) is 0 Å². The Kier molecular flexibility index (Phi) is 5.35. The molecule has 1 aliphatic rings. The summed E-state index contributed by atoms with van der Waals surface area (Å²) in [6.45, 7) is 1.39. The van der Waals surface area contributed by atoms with Gasteiger partial charge >= 0.3 is 0 Å². The maximum atomic E-state index is 9.64. The third kappa shape index (κ3) is 3.40. The lowest BCUT2D eigenvalue weighted by Gasteiger charge is -2.36. The molecule has 0 unspecified atom stereocenters. The Balaban J connectivity index is 2.11. The van der Waals surface area contributed by atoms with Crippen LogP contribution in [-0.4, -0.2) is 23.3 Å². The molecule has 1 fully saturated rings. The van der Waals surface area contributed by atoms with Crippen LogP contribution in [0.25, 0.3) is 0 Å². The van der Waals surface area contributed by atoms with Crippen molar-refractivity contribution in [1.82, 2.24) is 10.6 Å².